The summed E-state index contributed by atoms with van der Waals surface area (Å²) in [5.41, 5.74) is -3.11. The van der Waals surface area contributed by atoms with Crippen molar-refractivity contribution in [3.63, 3.8) is 0 Å². The number of hydrogen-bond acceptors (Lipinski definition) is 5. The number of aliphatic hydroxyl groups is 1. The standard InChI is InChI=1S/C17H24FNO5S/c1-17(2,3)24-16(21)19-10-9-12(11-19)14(20)15(18)25(22,23)13-7-5-4-6-8-13/h4-8,12,14-15,20H,9-11H2,1-3H3. The van der Waals surface area contributed by atoms with Crippen LogP contribution in [0.25, 0.3) is 0 Å². The smallest absolute Gasteiger partial charge is 0.410 e. The molecule has 6 nitrogen and oxygen atoms in total. The Labute approximate surface area is 147 Å². The molecule has 2 rings (SSSR count). The number of carbonyl (C=O) groups excluding carboxylic acids is 1. The number of alkyl halides is 1. The summed E-state index contributed by atoms with van der Waals surface area (Å²) < 4.78 is 44.4. The number of carbonyl (C=O) groups is 1. The third-order valence-electron chi connectivity index (χ3n) is 4.00. The molecular formula is C17H24FNO5S. The van der Waals surface area contributed by atoms with Gasteiger partial charge >= 0.3 is 6.09 Å². The van der Waals surface area contributed by atoms with Crippen molar-refractivity contribution in [2.75, 3.05) is 13.1 Å². The molecule has 0 radical (unpaired) electrons. The number of sulfone groups is 1. The molecule has 8 heteroatoms. The van der Waals surface area contributed by atoms with Gasteiger partial charge < -0.3 is 14.7 Å². The molecule has 1 heterocycles. The predicted octanol–water partition coefficient (Wildman–Crippen LogP) is 2.37. The van der Waals surface area contributed by atoms with Crippen molar-refractivity contribution in [1.29, 1.82) is 0 Å². The molecule has 1 saturated heterocycles. The summed E-state index contributed by atoms with van der Waals surface area (Å²) in [6.07, 6.45) is -1.95. The molecule has 1 N–H and O–H groups in total. The quantitative estimate of drug-likeness (QED) is 0.876. The van der Waals surface area contributed by atoms with Gasteiger partial charge in [-0.15, -0.1) is 0 Å². The molecule has 25 heavy (non-hydrogen) atoms. The first-order valence-electron chi connectivity index (χ1n) is 8.11. The number of nitrogens with zero attached hydrogens (tertiary/aromatic N) is 1. The average molecular weight is 373 g/mol. The fourth-order valence-electron chi connectivity index (χ4n) is 2.70. The highest BCUT2D eigenvalue weighted by Gasteiger charge is 2.42. The van der Waals surface area contributed by atoms with Crippen LogP contribution in [0.3, 0.4) is 0 Å². The van der Waals surface area contributed by atoms with E-state index in [-0.39, 0.29) is 18.0 Å². The van der Waals surface area contributed by atoms with E-state index in [2.05, 4.69) is 0 Å². The Kier molecular flexibility index (Phi) is 5.73. The highest BCUT2D eigenvalue weighted by Crippen LogP contribution is 2.29. The molecule has 0 spiro atoms. The Morgan fingerprint density at radius 3 is 2.48 bits per heavy atom. The number of aliphatic hydroxyl groups excluding tert-OH is 1. The average Bonchev–Trinajstić information content (AvgIpc) is 3.03. The molecule has 1 aliphatic rings. The minimum atomic E-state index is -4.29. The molecule has 1 fully saturated rings. The minimum Gasteiger partial charge on any atom is -0.444 e. The largest absolute Gasteiger partial charge is 0.444 e. The van der Waals surface area contributed by atoms with Gasteiger partial charge in [-0.3, -0.25) is 0 Å². The van der Waals surface area contributed by atoms with E-state index in [1.807, 2.05) is 0 Å². The Hall–Kier alpha value is -1.67. The monoisotopic (exact) mass is 373 g/mol. The second kappa shape index (κ2) is 7.29. The zero-order chi connectivity index (χ0) is 18.8. The van der Waals surface area contributed by atoms with E-state index in [1.54, 1.807) is 26.8 Å². The van der Waals surface area contributed by atoms with Crippen LogP contribution in [0.2, 0.25) is 0 Å². The van der Waals surface area contributed by atoms with E-state index in [9.17, 15) is 22.7 Å². The van der Waals surface area contributed by atoms with Crippen LogP contribution in [-0.2, 0) is 14.6 Å². The number of benzene rings is 1. The molecule has 1 aliphatic heterocycles. The maximum absolute atomic E-state index is 14.5. The van der Waals surface area contributed by atoms with Crippen molar-refractivity contribution < 1.29 is 27.4 Å². The van der Waals surface area contributed by atoms with Crippen molar-refractivity contribution in [1.82, 2.24) is 4.90 Å². The molecule has 0 aliphatic carbocycles. The third kappa shape index (κ3) is 4.70. The van der Waals surface area contributed by atoms with Crippen LogP contribution in [0.5, 0.6) is 0 Å². The lowest BCUT2D eigenvalue weighted by atomic mass is 10.0. The molecule has 1 amide bonds. The second-order valence-electron chi connectivity index (χ2n) is 7.17. The van der Waals surface area contributed by atoms with Crippen LogP contribution >= 0.6 is 0 Å². The zero-order valence-corrected chi connectivity index (χ0v) is 15.4. The molecule has 1 aromatic rings. The van der Waals surface area contributed by atoms with Gasteiger partial charge in [0.2, 0.25) is 15.3 Å². The van der Waals surface area contributed by atoms with Crippen molar-refractivity contribution in [3.8, 4) is 0 Å². The van der Waals surface area contributed by atoms with Crippen molar-refractivity contribution in [2.45, 2.75) is 49.3 Å². The van der Waals surface area contributed by atoms with Crippen LogP contribution < -0.4 is 0 Å². The van der Waals surface area contributed by atoms with Crippen LogP contribution in [0.1, 0.15) is 27.2 Å². The van der Waals surface area contributed by atoms with Gasteiger partial charge in [0.1, 0.15) is 11.7 Å². The topological polar surface area (TPSA) is 83.9 Å². The molecule has 1 aromatic carbocycles. The summed E-state index contributed by atoms with van der Waals surface area (Å²) >= 11 is 0. The SMILES string of the molecule is CC(C)(C)OC(=O)N1CCC(C(O)C(F)S(=O)(=O)c2ccccc2)C1. The van der Waals surface area contributed by atoms with Gasteiger partial charge in [-0.05, 0) is 39.3 Å². The molecular weight excluding hydrogens is 349 g/mol. The first-order valence-corrected chi connectivity index (χ1v) is 9.66. The Balaban J connectivity index is 2.04. The van der Waals surface area contributed by atoms with E-state index in [4.69, 9.17) is 4.74 Å². The highest BCUT2D eigenvalue weighted by molar-refractivity contribution is 7.92. The van der Waals surface area contributed by atoms with E-state index >= 15 is 0 Å². The fourth-order valence-corrected chi connectivity index (χ4v) is 4.08. The molecule has 3 unspecified atom stereocenters. The summed E-state index contributed by atoms with van der Waals surface area (Å²) in [6, 6.07) is 7.18. The van der Waals surface area contributed by atoms with Crippen LogP contribution in [0, 0.1) is 5.92 Å². The van der Waals surface area contributed by atoms with Crippen LogP contribution in [0.4, 0.5) is 9.18 Å². The predicted molar refractivity (Wildman–Crippen MR) is 90.4 cm³/mol. The van der Waals surface area contributed by atoms with Crippen molar-refractivity contribution in [2.24, 2.45) is 5.92 Å². The van der Waals surface area contributed by atoms with Gasteiger partial charge in [-0.25, -0.2) is 17.6 Å². The Morgan fingerprint density at radius 1 is 1.32 bits per heavy atom. The van der Waals surface area contributed by atoms with Gasteiger partial charge in [0.15, 0.2) is 0 Å². The molecule has 0 aromatic heterocycles. The van der Waals surface area contributed by atoms with Crippen molar-refractivity contribution >= 4 is 15.9 Å². The summed E-state index contributed by atoms with van der Waals surface area (Å²) in [6.45, 7) is 5.54. The van der Waals surface area contributed by atoms with E-state index < -0.39 is 39.1 Å². The van der Waals surface area contributed by atoms with Crippen molar-refractivity contribution in [3.05, 3.63) is 30.3 Å². The molecule has 0 saturated carbocycles. The normalized spacial score (nSPS) is 21.0. The summed E-state index contributed by atoms with van der Waals surface area (Å²) in [5.74, 6) is -0.666. The van der Waals surface area contributed by atoms with Gasteiger partial charge in [-0.1, -0.05) is 18.2 Å². The minimum absolute atomic E-state index is 0.0564. The van der Waals surface area contributed by atoms with E-state index in [0.29, 0.717) is 6.42 Å². The highest BCUT2D eigenvalue weighted by atomic mass is 32.2. The number of likely N-dealkylation sites (tertiary alicyclic amines) is 1. The molecule has 3 atom stereocenters. The summed E-state index contributed by atoms with van der Waals surface area (Å²) in [7, 11) is -4.29. The third-order valence-corrected chi connectivity index (χ3v) is 5.80. The number of hydrogen-bond donors (Lipinski definition) is 1. The lowest BCUT2D eigenvalue weighted by Gasteiger charge is -2.25. The lowest BCUT2D eigenvalue weighted by Crippen LogP contribution is -2.39. The van der Waals surface area contributed by atoms with E-state index in [0.717, 1.165) is 0 Å². The van der Waals surface area contributed by atoms with Crippen LogP contribution in [-0.4, -0.2) is 54.8 Å². The van der Waals surface area contributed by atoms with Gasteiger partial charge in [0, 0.05) is 19.0 Å². The summed E-state index contributed by atoms with van der Waals surface area (Å²) in [4.78, 5) is 13.2. The Morgan fingerprint density at radius 2 is 1.92 bits per heavy atom. The van der Waals surface area contributed by atoms with Crippen LogP contribution in [0.15, 0.2) is 35.2 Å². The van der Waals surface area contributed by atoms with Gasteiger partial charge in [0.05, 0.1) is 4.90 Å². The zero-order valence-electron chi connectivity index (χ0n) is 14.6. The van der Waals surface area contributed by atoms with E-state index in [1.165, 1.54) is 29.2 Å². The fraction of sp³-hybridized carbons (Fsp3) is 0.588. The van der Waals surface area contributed by atoms with Gasteiger partial charge in [-0.2, -0.15) is 0 Å². The lowest BCUT2D eigenvalue weighted by molar-refractivity contribution is 0.0247. The van der Waals surface area contributed by atoms with Gasteiger partial charge in [0.25, 0.3) is 0 Å². The molecule has 0 bridgehead atoms. The summed E-state index contributed by atoms with van der Waals surface area (Å²) in [5, 5.41) is 10.2. The first kappa shape index (κ1) is 19.7. The number of rotatable bonds is 4. The maximum Gasteiger partial charge on any atom is 0.410 e. The maximum atomic E-state index is 14.5. The number of amides is 1. The number of halogens is 1. The Bertz CT molecular complexity index is 701. The molecule has 140 valence electrons. The first-order chi connectivity index (χ1) is 11.5. The second-order valence-corrected chi connectivity index (χ2v) is 9.19. The number of ether oxygens (including phenoxy) is 1.